The van der Waals surface area contributed by atoms with E-state index in [4.69, 9.17) is 16.3 Å². The Morgan fingerprint density at radius 1 is 1.60 bits per heavy atom. The lowest BCUT2D eigenvalue weighted by atomic mass is 9.90. The largest absolute Gasteiger partial charge is 0.479 e. The van der Waals surface area contributed by atoms with Gasteiger partial charge < -0.3 is 9.84 Å². The molecule has 15 heavy (non-hydrogen) atoms. The van der Waals surface area contributed by atoms with Gasteiger partial charge in [0.1, 0.15) is 0 Å². The number of carboxylic acid groups (broad SMARTS) is 1. The first-order chi connectivity index (χ1) is 7.15. The normalized spacial score (nSPS) is 20.1. The molecule has 0 aliphatic carbocycles. The van der Waals surface area contributed by atoms with Crippen LogP contribution in [0.2, 0.25) is 5.02 Å². The minimum absolute atomic E-state index is 0.417. The fourth-order valence-electron chi connectivity index (χ4n) is 1.78. The van der Waals surface area contributed by atoms with Crippen molar-refractivity contribution in [2.75, 3.05) is 13.2 Å². The molecule has 1 aliphatic rings. The average Bonchev–Trinajstić information content (AvgIpc) is 2.66. The van der Waals surface area contributed by atoms with Gasteiger partial charge in [-0.3, -0.25) is 4.68 Å². The number of aliphatic carboxylic acids is 1. The van der Waals surface area contributed by atoms with Gasteiger partial charge in [-0.2, -0.15) is 5.10 Å². The summed E-state index contributed by atoms with van der Waals surface area (Å²) in [6.45, 7) is 0.869. The number of hydrogen-bond acceptors (Lipinski definition) is 3. The second-order valence-corrected chi connectivity index (χ2v) is 3.99. The summed E-state index contributed by atoms with van der Waals surface area (Å²) in [4.78, 5) is 11.3. The van der Waals surface area contributed by atoms with Gasteiger partial charge in [0.05, 0.1) is 11.2 Å². The van der Waals surface area contributed by atoms with Crippen LogP contribution in [0, 0.1) is 0 Å². The maximum absolute atomic E-state index is 11.3. The maximum Gasteiger partial charge on any atom is 0.331 e. The molecule has 0 radical (unpaired) electrons. The molecule has 82 valence electrons. The Bertz CT molecular complexity index is 371. The Balaban J connectivity index is 2.37. The van der Waals surface area contributed by atoms with Crippen LogP contribution in [-0.4, -0.2) is 34.1 Å². The Morgan fingerprint density at radius 3 is 2.73 bits per heavy atom. The average molecular weight is 231 g/mol. The highest BCUT2D eigenvalue weighted by atomic mass is 35.5. The molecule has 2 rings (SSSR count). The van der Waals surface area contributed by atoms with Crippen molar-refractivity contribution < 1.29 is 14.6 Å². The van der Waals surface area contributed by atoms with Crippen molar-refractivity contribution in [2.24, 2.45) is 0 Å². The molecular weight excluding hydrogens is 220 g/mol. The molecule has 0 saturated carbocycles. The fraction of sp³-hybridized carbons (Fsp3) is 0.556. The second-order valence-electron chi connectivity index (χ2n) is 3.55. The van der Waals surface area contributed by atoms with Gasteiger partial charge in [-0.25, -0.2) is 4.79 Å². The molecule has 1 saturated heterocycles. The van der Waals surface area contributed by atoms with Gasteiger partial charge >= 0.3 is 5.97 Å². The smallest absolute Gasteiger partial charge is 0.331 e. The fourth-order valence-corrected chi connectivity index (χ4v) is 1.92. The van der Waals surface area contributed by atoms with Crippen molar-refractivity contribution >= 4 is 17.6 Å². The van der Waals surface area contributed by atoms with Crippen LogP contribution in [0.4, 0.5) is 0 Å². The summed E-state index contributed by atoms with van der Waals surface area (Å²) in [5, 5.41) is 13.7. The number of aromatic nitrogens is 2. The molecule has 0 atom stereocenters. The van der Waals surface area contributed by atoms with Crippen LogP contribution >= 0.6 is 11.6 Å². The van der Waals surface area contributed by atoms with Gasteiger partial charge in [0, 0.05) is 32.3 Å². The standard InChI is InChI=1S/C9H11ClN2O3/c10-7-5-11-12(6-7)9(8(13)14)1-3-15-4-2-9/h5-6H,1-4H2,(H,13,14). The predicted octanol–water partition coefficient (Wildman–Crippen LogP) is 1.13. The first kappa shape index (κ1) is 10.4. The van der Waals surface area contributed by atoms with E-state index >= 15 is 0 Å². The molecule has 0 spiro atoms. The Morgan fingerprint density at radius 2 is 2.27 bits per heavy atom. The molecule has 1 aromatic rings. The number of ether oxygens (including phenoxy) is 1. The van der Waals surface area contributed by atoms with E-state index in [0.717, 1.165) is 0 Å². The molecule has 1 N–H and O–H groups in total. The van der Waals surface area contributed by atoms with Crippen LogP contribution in [-0.2, 0) is 15.1 Å². The van der Waals surface area contributed by atoms with Gasteiger partial charge in [-0.1, -0.05) is 11.6 Å². The first-order valence-electron chi connectivity index (χ1n) is 4.67. The Kier molecular flexibility index (Phi) is 2.67. The summed E-state index contributed by atoms with van der Waals surface area (Å²) in [6.07, 6.45) is 3.82. The van der Waals surface area contributed by atoms with E-state index in [2.05, 4.69) is 5.10 Å². The Hall–Kier alpha value is -1.07. The summed E-state index contributed by atoms with van der Waals surface area (Å²) in [7, 11) is 0. The Labute approximate surface area is 91.6 Å². The zero-order chi connectivity index (χ0) is 10.9. The van der Waals surface area contributed by atoms with Crippen LogP contribution in [0.1, 0.15) is 12.8 Å². The number of rotatable bonds is 2. The molecule has 6 heteroatoms. The van der Waals surface area contributed by atoms with Gasteiger partial charge in [0.15, 0.2) is 5.54 Å². The van der Waals surface area contributed by atoms with Gasteiger partial charge in [0.25, 0.3) is 0 Å². The monoisotopic (exact) mass is 230 g/mol. The van der Waals surface area contributed by atoms with Crippen LogP contribution in [0.15, 0.2) is 12.4 Å². The predicted molar refractivity (Wildman–Crippen MR) is 52.9 cm³/mol. The van der Waals surface area contributed by atoms with Gasteiger partial charge in [-0.05, 0) is 0 Å². The molecule has 0 bridgehead atoms. The number of halogens is 1. The maximum atomic E-state index is 11.3. The molecule has 0 amide bonds. The number of carbonyl (C=O) groups is 1. The van der Waals surface area contributed by atoms with Crippen LogP contribution < -0.4 is 0 Å². The number of hydrogen-bond donors (Lipinski definition) is 1. The molecule has 1 aromatic heterocycles. The summed E-state index contributed by atoms with van der Waals surface area (Å²) in [5.74, 6) is -0.884. The lowest BCUT2D eigenvalue weighted by molar-refractivity contribution is -0.153. The van der Waals surface area contributed by atoms with Crippen molar-refractivity contribution in [2.45, 2.75) is 18.4 Å². The van der Waals surface area contributed by atoms with Crippen LogP contribution in [0.25, 0.3) is 0 Å². The van der Waals surface area contributed by atoms with Gasteiger partial charge in [-0.15, -0.1) is 0 Å². The van der Waals surface area contributed by atoms with E-state index in [1.54, 1.807) is 6.20 Å². The highest BCUT2D eigenvalue weighted by molar-refractivity contribution is 6.30. The van der Waals surface area contributed by atoms with Crippen molar-refractivity contribution in [1.29, 1.82) is 0 Å². The second kappa shape index (κ2) is 3.83. The zero-order valence-corrected chi connectivity index (χ0v) is 8.78. The molecule has 5 nitrogen and oxygen atoms in total. The van der Waals surface area contributed by atoms with Crippen molar-refractivity contribution in [3.05, 3.63) is 17.4 Å². The van der Waals surface area contributed by atoms with Crippen molar-refractivity contribution in [3.63, 3.8) is 0 Å². The quantitative estimate of drug-likeness (QED) is 0.827. The third kappa shape index (κ3) is 1.72. The summed E-state index contributed by atoms with van der Waals surface area (Å²) < 4.78 is 6.60. The third-order valence-electron chi connectivity index (χ3n) is 2.71. The summed E-state index contributed by atoms with van der Waals surface area (Å²) in [6, 6.07) is 0. The highest BCUT2D eigenvalue weighted by Gasteiger charge is 2.42. The summed E-state index contributed by atoms with van der Waals surface area (Å²) in [5.41, 5.74) is -0.995. The SMILES string of the molecule is O=C(O)C1(n2cc(Cl)cn2)CCOCC1. The molecular formula is C9H11ClN2O3. The van der Waals surface area contributed by atoms with E-state index < -0.39 is 11.5 Å². The van der Waals surface area contributed by atoms with E-state index in [9.17, 15) is 9.90 Å². The van der Waals surface area contributed by atoms with Gasteiger partial charge in [0.2, 0.25) is 0 Å². The lowest BCUT2D eigenvalue weighted by Crippen LogP contribution is -2.46. The molecule has 2 heterocycles. The number of nitrogens with zero attached hydrogens (tertiary/aromatic N) is 2. The van der Waals surface area contributed by atoms with E-state index in [0.29, 0.717) is 31.1 Å². The molecule has 0 aromatic carbocycles. The topological polar surface area (TPSA) is 64.3 Å². The minimum atomic E-state index is -0.995. The lowest BCUT2D eigenvalue weighted by Gasteiger charge is -2.33. The van der Waals surface area contributed by atoms with Crippen molar-refractivity contribution in [3.8, 4) is 0 Å². The zero-order valence-electron chi connectivity index (χ0n) is 8.02. The van der Waals surface area contributed by atoms with E-state index in [1.807, 2.05) is 0 Å². The third-order valence-corrected chi connectivity index (χ3v) is 2.90. The first-order valence-corrected chi connectivity index (χ1v) is 5.05. The van der Waals surface area contributed by atoms with E-state index in [1.165, 1.54) is 10.9 Å². The number of carboxylic acids is 1. The van der Waals surface area contributed by atoms with Crippen molar-refractivity contribution in [1.82, 2.24) is 9.78 Å². The van der Waals surface area contributed by atoms with Crippen LogP contribution in [0.3, 0.4) is 0 Å². The van der Waals surface area contributed by atoms with Crippen LogP contribution in [0.5, 0.6) is 0 Å². The highest BCUT2D eigenvalue weighted by Crippen LogP contribution is 2.29. The minimum Gasteiger partial charge on any atom is -0.479 e. The molecule has 1 aliphatic heterocycles. The van der Waals surface area contributed by atoms with E-state index in [-0.39, 0.29) is 0 Å². The molecule has 0 unspecified atom stereocenters. The summed E-state index contributed by atoms with van der Waals surface area (Å²) >= 11 is 5.74. The molecule has 1 fully saturated rings.